The van der Waals surface area contributed by atoms with Gasteiger partial charge in [-0.1, -0.05) is 30.3 Å². The first kappa shape index (κ1) is 18.3. The summed E-state index contributed by atoms with van der Waals surface area (Å²) in [5.74, 6) is -1.84. The number of aromatic carboxylic acids is 1. The lowest BCUT2D eigenvalue weighted by molar-refractivity contribution is 0.0694. The quantitative estimate of drug-likeness (QED) is 0.500. The maximum Gasteiger partial charge on any atom is 0.339 e. The molecule has 0 fully saturated rings. The molecule has 0 saturated heterocycles. The lowest BCUT2D eigenvalue weighted by Gasteiger charge is -2.11. The number of hydrogen-bond acceptors (Lipinski definition) is 5. The van der Waals surface area contributed by atoms with Crippen molar-refractivity contribution in [1.29, 1.82) is 0 Å². The van der Waals surface area contributed by atoms with Crippen molar-refractivity contribution in [3.63, 3.8) is 0 Å². The Morgan fingerprint density at radius 1 is 0.963 bits per heavy atom. The Hall–Kier alpha value is -3.52. The molecule has 7 nitrogen and oxygen atoms in total. The molecule has 138 valence electrons. The van der Waals surface area contributed by atoms with Crippen LogP contribution in [0.25, 0.3) is 11.1 Å². The van der Waals surface area contributed by atoms with Crippen LogP contribution in [-0.4, -0.2) is 24.6 Å². The molecule has 5 N–H and O–H groups in total. The van der Waals surface area contributed by atoms with Crippen LogP contribution in [0, 0.1) is 0 Å². The van der Waals surface area contributed by atoms with Crippen molar-refractivity contribution >= 4 is 27.4 Å². The minimum Gasteiger partial charge on any atom is -0.507 e. The number of nitrogens with two attached hydrogens (primary N) is 1. The smallest absolute Gasteiger partial charge is 0.339 e. The van der Waals surface area contributed by atoms with Crippen LogP contribution < -0.4 is 10.5 Å². The van der Waals surface area contributed by atoms with Crippen LogP contribution in [0.2, 0.25) is 0 Å². The van der Waals surface area contributed by atoms with Gasteiger partial charge in [-0.25, -0.2) is 13.2 Å². The zero-order valence-corrected chi connectivity index (χ0v) is 14.8. The predicted octanol–water partition coefficient (Wildman–Crippen LogP) is 3.14. The molecule has 0 bridgehead atoms. The number of para-hydroxylation sites is 1. The summed E-state index contributed by atoms with van der Waals surface area (Å²) < 4.78 is 27.6. The second-order valence-corrected chi connectivity index (χ2v) is 7.44. The topological polar surface area (TPSA) is 130 Å². The van der Waals surface area contributed by atoms with Crippen LogP contribution in [-0.2, 0) is 10.0 Å². The molecule has 0 atom stereocenters. The van der Waals surface area contributed by atoms with Crippen LogP contribution in [0.4, 0.5) is 11.4 Å². The van der Waals surface area contributed by atoms with Gasteiger partial charge in [0.1, 0.15) is 11.3 Å². The van der Waals surface area contributed by atoms with Gasteiger partial charge in [-0.05, 0) is 35.9 Å². The summed E-state index contributed by atoms with van der Waals surface area (Å²) in [5.41, 5.74) is 7.54. The fraction of sp³-hybridized carbons (Fsp3) is 0. The summed E-state index contributed by atoms with van der Waals surface area (Å²) in [6, 6.07) is 16.8. The molecule has 0 saturated carbocycles. The van der Waals surface area contributed by atoms with Crippen LogP contribution in [0.3, 0.4) is 0 Å². The molecule has 0 aliphatic carbocycles. The number of carbonyl (C=O) groups is 1. The highest BCUT2D eigenvalue weighted by Crippen LogP contribution is 2.29. The third-order valence-electron chi connectivity index (χ3n) is 3.90. The van der Waals surface area contributed by atoms with E-state index < -0.39 is 21.7 Å². The van der Waals surface area contributed by atoms with Gasteiger partial charge >= 0.3 is 5.97 Å². The number of carboxylic acid groups (broad SMARTS) is 1. The van der Waals surface area contributed by atoms with E-state index in [1.54, 1.807) is 36.4 Å². The van der Waals surface area contributed by atoms with E-state index in [0.29, 0.717) is 16.8 Å². The van der Waals surface area contributed by atoms with E-state index in [1.165, 1.54) is 18.2 Å². The molecular formula is C19H16N2O5S. The predicted molar refractivity (Wildman–Crippen MR) is 102 cm³/mol. The average Bonchev–Trinajstić information content (AvgIpc) is 2.61. The molecule has 0 unspecified atom stereocenters. The largest absolute Gasteiger partial charge is 0.507 e. The van der Waals surface area contributed by atoms with E-state index in [-0.39, 0.29) is 16.1 Å². The van der Waals surface area contributed by atoms with Crippen molar-refractivity contribution in [2.45, 2.75) is 4.90 Å². The second kappa shape index (κ2) is 7.00. The number of nitrogens with one attached hydrogen (secondary N) is 1. The summed E-state index contributed by atoms with van der Waals surface area (Å²) in [7, 11) is -3.96. The lowest BCUT2D eigenvalue weighted by atomic mass is 10.0. The number of nitrogen functional groups attached to an aromatic ring is 1. The fourth-order valence-corrected chi connectivity index (χ4v) is 3.68. The van der Waals surface area contributed by atoms with Crippen LogP contribution in [0.5, 0.6) is 5.75 Å². The number of aromatic hydroxyl groups is 1. The number of sulfonamides is 1. The van der Waals surface area contributed by atoms with Gasteiger partial charge in [0.05, 0.1) is 10.6 Å². The summed E-state index contributed by atoms with van der Waals surface area (Å²) in [6.07, 6.45) is 0. The molecule has 0 spiro atoms. The van der Waals surface area contributed by atoms with Crippen molar-refractivity contribution in [1.82, 2.24) is 0 Å². The zero-order chi connectivity index (χ0) is 19.6. The highest BCUT2D eigenvalue weighted by Gasteiger charge is 2.17. The molecule has 27 heavy (non-hydrogen) atoms. The molecule has 0 amide bonds. The van der Waals surface area contributed by atoms with Gasteiger partial charge in [0.2, 0.25) is 0 Å². The standard InChI is InChI=1S/C19H16N2O5S/c20-17-7-2-1-6-15(17)12-4-3-5-14(10-12)27(25,26)21-13-8-9-16(19(23)24)18(22)11-13/h1-11,21-22H,20H2,(H,23,24). The Balaban J connectivity index is 1.94. The summed E-state index contributed by atoms with van der Waals surface area (Å²) >= 11 is 0. The van der Waals surface area contributed by atoms with Crippen LogP contribution in [0.15, 0.2) is 71.6 Å². The lowest BCUT2D eigenvalue weighted by Crippen LogP contribution is -2.13. The monoisotopic (exact) mass is 384 g/mol. The molecule has 8 heteroatoms. The van der Waals surface area contributed by atoms with E-state index in [4.69, 9.17) is 10.8 Å². The minimum absolute atomic E-state index is 0.00468. The third kappa shape index (κ3) is 3.85. The molecule has 3 rings (SSSR count). The van der Waals surface area contributed by atoms with Gasteiger partial charge in [0.25, 0.3) is 10.0 Å². The van der Waals surface area contributed by atoms with E-state index in [1.807, 2.05) is 0 Å². The summed E-state index contributed by atoms with van der Waals surface area (Å²) in [6.45, 7) is 0. The summed E-state index contributed by atoms with van der Waals surface area (Å²) in [5, 5.41) is 18.6. The fourth-order valence-electron chi connectivity index (χ4n) is 2.58. The first-order valence-electron chi connectivity index (χ1n) is 7.82. The minimum atomic E-state index is -3.96. The summed E-state index contributed by atoms with van der Waals surface area (Å²) in [4.78, 5) is 10.9. The number of carboxylic acids is 1. The third-order valence-corrected chi connectivity index (χ3v) is 5.28. The first-order valence-corrected chi connectivity index (χ1v) is 9.30. The number of hydrogen-bond donors (Lipinski definition) is 4. The maximum absolute atomic E-state index is 12.7. The van der Waals surface area contributed by atoms with Gasteiger partial charge in [-0.3, -0.25) is 4.72 Å². The molecule has 0 aliphatic heterocycles. The van der Waals surface area contributed by atoms with Gasteiger partial charge < -0.3 is 15.9 Å². The first-order chi connectivity index (χ1) is 12.8. The number of anilines is 2. The highest BCUT2D eigenvalue weighted by atomic mass is 32.2. The van der Waals surface area contributed by atoms with Crippen LogP contribution >= 0.6 is 0 Å². The number of benzene rings is 3. The SMILES string of the molecule is Nc1ccccc1-c1cccc(S(=O)(=O)Nc2ccc(C(=O)O)c(O)c2)c1. The molecule has 0 aromatic heterocycles. The average molecular weight is 384 g/mol. The number of rotatable bonds is 5. The van der Waals surface area contributed by atoms with Crippen molar-refractivity contribution in [3.05, 3.63) is 72.3 Å². The van der Waals surface area contributed by atoms with E-state index in [9.17, 15) is 18.3 Å². The Kier molecular flexibility index (Phi) is 4.74. The van der Waals surface area contributed by atoms with Gasteiger partial charge in [0, 0.05) is 17.3 Å². The Bertz CT molecular complexity index is 1130. The normalized spacial score (nSPS) is 11.1. The van der Waals surface area contributed by atoms with E-state index in [2.05, 4.69) is 4.72 Å². The Labute approximate surface area is 155 Å². The molecule has 3 aromatic rings. The maximum atomic E-state index is 12.7. The highest BCUT2D eigenvalue weighted by molar-refractivity contribution is 7.92. The van der Waals surface area contributed by atoms with Crippen molar-refractivity contribution in [2.24, 2.45) is 0 Å². The van der Waals surface area contributed by atoms with E-state index >= 15 is 0 Å². The molecule has 0 heterocycles. The molecular weight excluding hydrogens is 368 g/mol. The second-order valence-electron chi connectivity index (χ2n) is 5.76. The van der Waals surface area contributed by atoms with Crippen molar-refractivity contribution < 1.29 is 23.4 Å². The number of phenols is 1. The molecule has 0 radical (unpaired) electrons. The van der Waals surface area contributed by atoms with E-state index in [0.717, 1.165) is 12.1 Å². The van der Waals surface area contributed by atoms with Crippen molar-refractivity contribution in [3.8, 4) is 16.9 Å². The Morgan fingerprint density at radius 2 is 1.70 bits per heavy atom. The Morgan fingerprint density at radius 3 is 2.37 bits per heavy atom. The van der Waals surface area contributed by atoms with Gasteiger partial charge in [-0.2, -0.15) is 0 Å². The molecule has 0 aliphatic rings. The zero-order valence-electron chi connectivity index (χ0n) is 14.0. The van der Waals surface area contributed by atoms with Crippen LogP contribution in [0.1, 0.15) is 10.4 Å². The van der Waals surface area contributed by atoms with Crippen molar-refractivity contribution in [2.75, 3.05) is 10.5 Å². The van der Waals surface area contributed by atoms with Gasteiger partial charge in [0.15, 0.2) is 0 Å². The molecule has 3 aromatic carbocycles. The van der Waals surface area contributed by atoms with Gasteiger partial charge in [-0.15, -0.1) is 0 Å².